The number of anilines is 3. The summed E-state index contributed by atoms with van der Waals surface area (Å²) in [5, 5.41) is 0. The van der Waals surface area contributed by atoms with Crippen molar-refractivity contribution in [1.82, 2.24) is 15.0 Å². The Hall–Kier alpha value is -2.42. The monoisotopic (exact) mass is 376 g/mol. The highest BCUT2D eigenvalue weighted by Crippen LogP contribution is 2.17. The van der Waals surface area contributed by atoms with E-state index in [4.69, 9.17) is 0 Å². The van der Waals surface area contributed by atoms with Gasteiger partial charge >= 0.3 is 0 Å². The molecule has 2 aromatic heterocycles. The van der Waals surface area contributed by atoms with Crippen LogP contribution in [0.2, 0.25) is 0 Å². The molecule has 3 heterocycles. The van der Waals surface area contributed by atoms with Gasteiger partial charge in [0.2, 0.25) is 16.0 Å². The van der Waals surface area contributed by atoms with Crippen molar-refractivity contribution in [1.29, 1.82) is 0 Å². The molecule has 9 heteroatoms. The maximum Gasteiger partial charge on any atom is 0.232 e. The summed E-state index contributed by atoms with van der Waals surface area (Å²) >= 11 is 0. The van der Waals surface area contributed by atoms with Gasteiger partial charge in [-0.25, -0.2) is 23.4 Å². The average molecular weight is 376 g/mol. The van der Waals surface area contributed by atoms with Gasteiger partial charge in [0.15, 0.2) is 0 Å². The number of nitrogens with zero attached hydrogens (tertiary/aromatic N) is 5. The van der Waals surface area contributed by atoms with E-state index in [0.29, 0.717) is 18.1 Å². The van der Waals surface area contributed by atoms with Crippen molar-refractivity contribution in [3.05, 3.63) is 36.8 Å². The number of hydrogen-bond donors (Lipinski definition) is 1. The van der Waals surface area contributed by atoms with Crippen molar-refractivity contribution in [3.63, 3.8) is 0 Å². The fraction of sp³-hybridized carbons (Fsp3) is 0.471. The summed E-state index contributed by atoms with van der Waals surface area (Å²) in [7, 11) is -3.33. The molecule has 0 radical (unpaired) electrons. The predicted molar refractivity (Wildman–Crippen MR) is 103 cm³/mol. The van der Waals surface area contributed by atoms with Crippen molar-refractivity contribution in [2.24, 2.45) is 0 Å². The molecule has 0 spiro atoms. The van der Waals surface area contributed by atoms with Gasteiger partial charge in [-0.15, -0.1) is 0 Å². The smallest absolute Gasteiger partial charge is 0.232 e. The van der Waals surface area contributed by atoms with E-state index in [1.807, 2.05) is 25.1 Å². The molecule has 8 nitrogen and oxygen atoms in total. The summed E-state index contributed by atoms with van der Waals surface area (Å²) in [6.45, 7) is 5.22. The van der Waals surface area contributed by atoms with Gasteiger partial charge in [0.25, 0.3) is 0 Å². The molecule has 2 aromatic rings. The Labute approximate surface area is 154 Å². The Balaban J connectivity index is 1.56. The predicted octanol–water partition coefficient (Wildman–Crippen LogP) is 1.74. The topological polar surface area (TPSA) is 91.3 Å². The molecular weight excluding hydrogens is 352 g/mol. The van der Waals surface area contributed by atoms with E-state index in [0.717, 1.165) is 38.4 Å². The summed E-state index contributed by atoms with van der Waals surface area (Å²) in [6, 6.07) is 5.90. The zero-order chi connectivity index (χ0) is 18.4. The minimum absolute atomic E-state index is 0.112. The summed E-state index contributed by atoms with van der Waals surface area (Å²) in [4.78, 5) is 17.3. The normalized spacial score (nSPS) is 15.1. The number of unbranched alkanes of at least 4 members (excludes halogenated alkanes) is 1. The highest BCUT2D eigenvalue weighted by atomic mass is 32.2. The van der Waals surface area contributed by atoms with Gasteiger partial charge in [-0.1, -0.05) is 19.4 Å². The first-order chi connectivity index (χ1) is 12.6. The molecule has 140 valence electrons. The Morgan fingerprint density at radius 3 is 2.35 bits per heavy atom. The summed E-state index contributed by atoms with van der Waals surface area (Å²) in [6.07, 6.45) is 6.31. The molecule has 0 bridgehead atoms. The van der Waals surface area contributed by atoms with Crippen LogP contribution in [0.25, 0.3) is 0 Å². The molecule has 0 atom stereocenters. The lowest BCUT2D eigenvalue weighted by atomic mass is 10.3. The summed E-state index contributed by atoms with van der Waals surface area (Å²) < 4.78 is 26.4. The second kappa shape index (κ2) is 8.31. The van der Waals surface area contributed by atoms with Gasteiger partial charge in [0.05, 0.1) is 23.8 Å². The molecule has 1 aliphatic heterocycles. The highest BCUT2D eigenvalue weighted by Gasteiger charge is 2.20. The molecule has 0 unspecified atom stereocenters. The minimum atomic E-state index is -3.33. The molecule has 1 saturated heterocycles. The maximum atomic E-state index is 11.9. The Kier molecular flexibility index (Phi) is 5.87. The molecule has 26 heavy (non-hydrogen) atoms. The molecule has 1 aliphatic rings. The minimum Gasteiger partial charge on any atom is -0.353 e. The van der Waals surface area contributed by atoms with Crippen LogP contribution < -0.4 is 14.5 Å². The fourth-order valence-electron chi connectivity index (χ4n) is 2.78. The van der Waals surface area contributed by atoms with Gasteiger partial charge < -0.3 is 9.80 Å². The number of aromatic nitrogens is 3. The first-order valence-corrected chi connectivity index (χ1v) is 10.5. The van der Waals surface area contributed by atoms with Crippen LogP contribution in [0.1, 0.15) is 19.8 Å². The number of rotatable bonds is 7. The van der Waals surface area contributed by atoms with Crippen molar-refractivity contribution in [2.75, 3.05) is 46.5 Å². The van der Waals surface area contributed by atoms with Crippen molar-refractivity contribution >= 4 is 27.5 Å². The van der Waals surface area contributed by atoms with Gasteiger partial charge in [-0.2, -0.15) is 0 Å². The Morgan fingerprint density at radius 1 is 1.04 bits per heavy atom. The van der Waals surface area contributed by atoms with E-state index in [1.54, 1.807) is 6.20 Å². The largest absolute Gasteiger partial charge is 0.353 e. The number of pyridine rings is 1. The third-order valence-electron chi connectivity index (χ3n) is 4.21. The van der Waals surface area contributed by atoms with Crippen LogP contribution in [0.15, 0.2) is 36.8 Å². The molecule has 0 aromatic carbocycles. The molecule has 1 fully saturated rings. The molecular formula is C17H24N6O2S. The van der Waals surface area contributed by atoms with Crippen LogP contribution in [0.3, 0.4) is 0 Å². The Morgan fingerprint density at radius 2 is 1.73 bits per heavy atom. The average Bonchev–Trinajstić information content (AvgIpc) is 2.68. The third kappa shape index (κ3) is 4.81. The lowest BCUT2D eigenvalue weighted by molar-refractivity contribution is 0.597. The molecule has 0 amide bonds. The van der Waals surface area contributed by atoms with E-state index in [-0.39, 0.29) is 5.75 Å². The van der Waals surface area contributed by atoms with E-state index in [9.17, 15) is 8.42 Å². The first kappa shape index (κ1) is 18.4. The van der Waals surface area contributed by atoms with Crippen molar-refractivity contribution in [3.8, 4) is 0 Å². The highest BCUT2D eigenvalue weighted by molar-refractivity contribution is 7.92. The van der Waals surface area contributed by atoms with Gasteiger partial charge in [0, 0.05) is 32.4 Å². The molecule has 1 N–H and O–H groups in total. The van der Waals surface area contributed by atoms with Crippen LogP contribution in [0.5, 0.6) is 0 Å². The first-order valence-electron chi connectivity index (χ1n) is 8.81. The number of hydrogen-bond acceptors (Lipinski definition) is 7. The van der Waals surface area contributed by atoms with Gasteiger partial charge in [-0.05, 0) is 18.6 Å². The van der Waals surface area contributed by atoms with Gasteiger partial charge in [-0.3, -0.25) is 4.72 Å². The number of sulfonamides is 1. The van der Waals surface area contributed by atoms with Crippen LogP contribution in [-0.2, 0) is 10.0 Å². The van der Waals surface area contributed by atoms with E-state index in [2.05, 4.69) is 29.5 Å². The number of piperazine rings is 1. The van der Waals surface area contributed by atoms with Crippen LogP contribution in [0, 0.1) is 0 Å². The third-order valence-corrected chi connectivity index (χ3v) is 5.59. The van der Waals surface area contributed by atoms with Crippen LogP contribution in [-0.4, -0.2) is 55.3 Å². The maximum absolute atomic E-state index is 11.9. The summed E-state index contributed by atoms with van der Waals surface area (Å²) in [5.74, 6) is 1.70. The quantitative estimate of drug-likeness (QED) is 0.787. The van der Waals surface area contributed by atoms with E-state index in [1.165, 1.54) is 12.4 Å². The molecule has 0 saturated carbocycles. The standard InChI is InChI=1S/C17H24N6O2S/c1-2-3-12-26(24,25)21-15-13-19-17(20-14-15)23-10-8-22(9-11-23)16-6-4-5-7-18-16/h4-7,13-14,21H,2-3,8-12H2,1H3. The SMILES string of the molecule is CCCCS(=O)(=O)Nc1cnc(N2CCN(c3ccccn3)CC2)nc1. The lowest BCUT2D eigenvalue weighted by Crippen LogP contribution is -2.47. The molecule has 3 rings (SSSR count). The zero-order valence-electron chi connectivity index (χ0n) is 14.9. The molecule has 0 aliphatic carbocycles. The second-order valence-electron chi connectivity index (χ2n) is 6.21. The Bertz CT molecular complexity index is 790. The van der Waals surface area contributed by atoms with Gasteiger partial charge in [0.1, 0.15) is 5.82 Å². The second-order valence-corrected chi connectivity index (χ2v) is 8.05. The van der Waals surface area contributed by atoms with Crippen molar-refractivity contribution < 1.29 is 8.42 Å². The van der Waals surface area contributed by atoms with Crippen LogP contribution in [0.4, 0.5) is 17.5 Å². The van der Waals surface area contributed by atoms with E-state index < -0.39 is 10.0 Å². The summed E-state index contributed by atoms with van der Waals surface area (Å²) in [5.41, 5.74) is 0.400. The van der Waals surface area contributed by atoms with Crippen molar-refractivity contribution in [2.45, 2.75) is 19.8 Å². The fourth-order valence-corrected chi connectivity index (χ4v) is 4.01. The lowest BCUT2D eigenvalue weighted by Gasteiger charge is -2.35. The van der Waals surface area contributed by atoms with E-state index >= 15 is 0 Å². The zero-order valence-corrected chi connectivity index (χ0v) is 15.7. The van der Waals surface area contributed by atoms with Crippen LogP contribution >= 0.6 is 0 Å². The number of nitrogens with one attached hydrogen (secondary N) is 1.